The van der Waals surface area contributed by atoms with Crippen LogP contribution < -0.4 is 5.32 Å². The van der Waals surface area contributed by atoms with Crippen molar-refractivity contribution in [3.05, 3.63) is 55.6 Å². The summed E-state index contributed by atoms with van der Waals surface area (Å²) in [6.45, 7) is 3.40. The Bertz CT molecular complexity index is 1140. The average molecular weight is 405 g/mol. The highest BCUT2D eigenvalue weighted by Crippen LogP contribution is 2.35. The third-order valence-corrected chi connectivity index (χ3v) is 4.59. The topological polar surface area (TPSA) is 127 Å². The van der Waals surface area contributed by atoms with Gasteiger partial charge in [-0.05, 0) is 13.8 Å². The summed E-state index contributed by atoms with van der Waals surface area (Å²) in [4.78, 5) is 27.9. The predicted molar refractivity (Wildman–Crippen MR) is 108 cm³/mol. The molecule has 4 aromatic rings. The minimum absolute atomic E-state index is 0.150. The SMILES string of the molecule is CC(C)(CNc1nc(-c2ccc(-c3cnco3)cc2)c(-c2cncnc2)o1)C(=O)O. The number of hydrogen-bond acceptors (Lipinski definition) is 8. The van der Waals surface area contributed by atoms with Crippen LogP contribution in [0.1, 0.15) is 13.8 Å². The molecule has 0 bridgehead atoms. The van der Waals surface area contributed by atoms with Gasteiger partial charge in [-0.1, -0.05) is 24.3 Å². The molecule has 9 nitrogen and oxygen atoms in total. The van der Waals surface area contributed by atoms with Crippen molar-refractivity contribution in [1.82, 2.24) is 19.9 Å². The predicted octanol–water partition coefficient (Wildman–Crippen LogP) is 3.98. The van der Waals surface area contributed by atoms with Crippen molar-refractivity contribution >= 4 is 12.0 Å². The number of benzene rings is 1. The Morgan fingerprint density at radius 3 is 2.37 bits per heavy atom. The highest BCUT2D eigenvalue weighted by atomic mass is 16.4. The van der Waals surface area contributed by atoms with Crippen LogP contribution in [0.3, 0.4) is 0 Å². The summed E-state index contributed by atoms with van der Waals surface area (Å²) in [6.07, 6.45) is 7.71. The van der Waals surface area contributed by atoms with Gasteiger partial charge in [0.05, 0.1) is 17.2 Å². The fourth-order valence-corrected chi connectivity index (χ4v) is 2.73. The maximum absolute atomic E-state index is 11.4. The van der Waals surface area contributed by atoms with Gasteiger partial charge in [-0.15, -0.1) is 0 Å². The van der Waals surface area contributed by atoms with E-state index in [9.17, 15) is 9.90 Å². The number of anilines is 1. The second-order valence-corrected chi connectivity index (χ2v) is 7.31. The van der Waals surface area contributed by atoms with Crippen molar-refractivity contribution in [2.75, 3.05) is 11.9 Å². The summed E-state index contributed by atoms with van der Waals surface area (Å²) in [6, 6.07) is 7.81. The van der Waals surface area contributed by atoms with E-state index in [1.807, 2.05) is 24.3 Å². The molecule has 152 valence electrons. The fourth-order valence-electron chi connectivity index (χ4n) is 2.73. The van der Waals surface area contributed by atoms with Gasteiger partial charge in [0, 0.05) is 30.1 Å². The zero-order chi connectivity index (χ0) is 21.1. The van der Waals surface area contributed by atoms with E-state index in [4.69, 9.17) is 8.83 Å². The summed E-state index contributed by atoms with van der Waals surface area (Å²) in [5.41, 5.74) is 1.95. The van der Waals surface area contributed by atoms with Crippen molar-refractivity contribution in [2.24, 2.45) is 5.41 Å². The molecule has 30 heavy (non-hydrogen) atoms. The zero-order valence-corrected chi connectivity index (χ0v) is 16.4. The van der Waals surface area contributed by atoms with Gasteiger partial charge in [0.25, 0.3) is 6.01 Å². The number of carboxylic acids is 1. The van der Waals surface area contributed by atoms with Crippen LogP contribution in [0.2, 0.25) is 0 Å². The fraction of sp³-hybridized carbons (Fsp3) is 0.190. The summed E-state index contributed by atoms with van der Waals surface area (Å²) in [7, 11) is 0. The van der Waals surface area contributed by atoms with Gasteiger partial charge in [-0.2, -0.15) is 4.98 Å². The van der Waals surface area contributed by atoms with E-state index in [-0.39, 0.29) is 12.6 Å². The highest BCUT2D eigenvalue weighted by Gasteiger charge is 2.28. The third kappa shape index (κ3) is 3.90. The van der Waals surface area contributed by atoms with E-state index in [0.29, 0.717) is 22.8 Å². The van der Waals surface area contributed by atoms with E-state index in [1.54, 1.807) is 32.4 Å². The Morgan fingerprint density at radius 2 is 1.73 bits per heavy atom. The Labute approximate surface area is 171 Å². The molecular formula is C21H19N5O4. The number of aliphatic carboxylic acids is 1. The smallest absolute Gasteiger partial charge is 0.310 e. The second kappa shape index (κ2) is 7.78. The quantitative estimate of drug-likeness (QED) is 0.469. The van der Waals surface area contributed by atoms with Gasteiger partial charge in [0.2, 0.25) is 0 Å². The first-order valence-electron chi connectivity index (χ1n) is 9.17. The molecule has 3 aromatic heterocycles. The Hall–Kier alpha value is -4.01. The van der Waals surface area contributed by atoms with Crippen molar-refractivity contribution in [3.63, 3.8) is 0 Å². The maximum atomic E-state index is 11.4. The lowest BCUT2D eigenvalue weighted by Crippen LogP contribution is -2.31. The van der Waals surface area contributed by atoms with Crippen LogP contribution >= 0.6 is 0 Å². The van der Waals surface area contributed by atoms with Crippen molar-refractivity contribution in [3.8, 4) is 33.9 Å². The largest absolute Gasteiger partial charge is 0.481 e. The van der Waals surface area contributed by atoms with Gasteiger partial charge >= 0.3 is 5.97 Å². The van der Waals surface area contributed by atoms with E-state index in [2.05, 4.69) is 25.3 Å². The first-order chi connectivity index (χ1) is 14.4. The number of rotatable bonds is 7. The lowest BCUT2D eigenvalue weighted by Gasteiger charge is -2.18. The molecule has 0 aliphatic carbocycles. The van der Waals surface area contributed by atoms with Crippen LogP contribution in [0.4, 0.5) is 6.01 Å². The monoisotopic (exact) mass is 405 g/mol. The molecule has 3 heterocycles. The summed E-state index contributed by atoms with van der Waals surface area (Å²) < 4.78 is 11.2. The van der Waals surface area contributed by atoms with Crippen LogP contribution in [0.5, 0.6) is 0 Å². The van der Waals surface area contributed by atoms with Gasteiger partial charge in [-0.3, -0.25) is 4.79 Å². The first kappa shape index (κ1) is 19.3. The van der Waals surface area contributed by atoms with Crippen molar-refractivity contribution in [1.29, 1.82) is 0 Å². The summed E-state index contributed by atoms with van der Waals surface area (Å²) in [5, 5.41) is 12.3. The molecule has 0 aliphatic rings. The highest BCUT2D eigenvalue weighted by molar-refractivity contribution is 5.79. The van der Waals surface area contributed by atoms with Crippen LogP contribution in [0.15, 0.2) is 64.4 Å². The zero-order valence-electron chi connectivity index (χ0n) is 16.4. The lowest BCUT2D eigenvalue weighted by atomic mass is 9.94. The molecule has 0 aliphatic heterocycles. The molecule has 0 spiro atoms. The number of oxazole rings is 2. The molecule has 0 radical (unpaired) electrons. The number of carbonyl (C=O) groups is 1. The minimum Gasteiger partial charge on any atom is -0.481 e. The number of nitrogens with zero attached hydrogens (tertiary/aromatic N) is 4. The Balaban J connectivity index is 1.69. The van der Waals surface area contributed by atoms with Crippen LogP contribution in [-0.4, -0.2) is 37.6 Å². The minimum atomic E-state index is -0.983. The van der Waals surface area contributed by atoms with Gasteiger partial charge in [-0.25, -0.2) is 15.0 Å². The molecular weight excluding hydrogens is 386 g/mol. The molecule has 1 aromatic carbocycles. The Morgan fingerprint density at radius 1 is 1.03 bits per heavy atom. The molecule has 9 heteroatoms. The van der Waals surface area contributed by atoms with E-state index < -0.39 is 11.4 Å². The molecule has 0 fully saturated rings. The number of carboxylic acid groups (broad SMARTS) is 1. The molecule has 0 atom stereocenters. The van der Waals surface area contributed by atoms with Crippen LogP contribution in [0, 0.1) is 5.41 Å². The maximum Gasteiger partial charge on any atom is 0.310 e. The average Bonchev–Trinajstić information content (AvgIpc) is 3.43. The van der Waals surface area contributed by atoms with E-state index in [1.165, 1.54) is 12.7 Å². The number of nitrogens with one attached hydrogen (secondary N) is 1. The van der Waals surface area contributed by atoms with E-state index in [0.717, 1.165) is 11.1 Å². The van der Waals surface area contributed by atoms with E-state index >= 15 is 0 Å². The summed E-state index contributed by atoms with van der Waals surface area (Å²) in [5.74, 6) is 0.233. The lowest BCUT2D eigenvalue weighted by molar-refractivity contribution is -0.146. The summed E-state index contributed by atoms with van der Waals surface area (Å²) >= 11 is 0. The molecule has 0 saturated heterocycles. The number of hydrogen-bond donors (Lipinski definition) is 2. The number of aromatic nitrogens is 4. The van der Waals surface area contributed by atoms with Crippen LogP contribution in [-0.2, 0) is 4.79 Å². The van der Waals surface area contributed by atoms with Crippen molar-refractivity contribution < 1.29 is 18.7 Å². The first-order valence-corrected chi connectivity index (χ1v) is 9.17. The Kier molecular flexibility index (Phi) is 5.01. The third-order valence-electron chi connectivity index (χ3n) is 4.59. The molecule has 0 unspecified atom stereocenters. The molecule has 4 rings (SSSR count). The van der Waals surface area contributed by atoms with Gasteiger partial charge in [0.15, 0.2) is 17.9 Å². The van der Waals surface area contributed by atoms with Gasteiger partial charge < -0.3 is 19.3 Å². The molecule has 2 N–H and O–H groups in total. The van der Waals surface area contributed by atoms with Gasteiger partial charge in [0.1, 0.15) is 12.0 Å². The molecule has 0 saturated carbocycles. The molecule has 0 amide bonds. The normalized spacial score (nSPS) is 11.4. The van der Waals surface area contributed by atoms with Crippen LogP contribution in [0.25, 0.3) is 33.9 Å². The second-order valence-electron chi connectivity index (χ2n) is 7.31. The standard InChI is InChI=1S/C21H19N5O4/c1-21(2,19(27)28)10-25-20-26-17(18(30-20)15-7-22-11-23-8-15)14-5-3-13(4-6-14)16-9-24-12-29-16/h3-9,11-12H,10H2,1-2H3,(H,25,26)(H,27,28). The van der Waals surface area contributed by atoms with Crippen molar-refractivity contribution in [2.45, 2.75) is 13.8 Å².